The Morgan fingerprint density at radius 3 is 2.94 bits per heavy atom. The van der Waals surface area contributed by atoms with Crippen LogP contribution in [0.15, 0.2) is 11.4 Å². The number of aryl methyl sites for hydroxylation is 1. The average Bonchev–Trinajstić information content (AvgIpc) is 2.73. The number of aromatic nitrogens is 2. The van der Waals surface area contributed by atoms with Crippen LogP contribution in [0.4, 0.5) is 0 Å². The van der Waals surface area contributed by atoms with Gasteiger partial charge in [0.05, 0.1) is 5.75 Å². The van der Waals surface area contributed by atoms with Crippen molar-refractivity contribution in [3.8, 4) is 0 Å². The normalized spacial score (nSPS) is 20.7. The molecule has 1 N–H and O–H groups in total. The molecule has 1 aliphatic heterocycles. The summed E-state index contributed by atoms with van der Waals surface area (Å²) >= 11 is 5.81. The minimum Gasteiger partial charge on any atom is -0.313 e. The van der Waals surface area contributed by atoms with Crippen LogP contribution in [0.25, 0.3) is 0 Å². The highest BCUT2D eigenvalue weighted by molar-refractivity contribution is 7.91. The van der Waals surface area contributed by atoms with Crippen molar-refractivity contribution in [1.29, 1.82) is 0 Å². The molecule has 1 atom stereocenters. The standard InChI is InChI=1S/C10H14ClN3O2S/c1-7-5-13-10(14-9(7)11)17(15,16)6-8-3-2-4-12-8/h5,8,12H,2-4,6H2,1H3/t8-/m1/s1. The fourth-order valence-corrected chi connectivity index (χ4v) is 3.38. The maximum Gasteiger partial charge on any atom is 0.248 e. The topological polar surface area (TPSA) is 72.0 Å². The molecular formula is C10H14ClN3O2S. The predicted molar refractivity (Wildman–Crippen MR) is 64.9 cm³/mol. The van der Waals surface area contributed by atoms with Crippen molar-refractivity contribution in [3.63, 3.8) is 0 Å². The molecule has 2 heterocycles. The summed E-state index contributed by atoms with van der Waals surface area (Å²) < 4.78 is 24.1. The molecule has 1 aromatic heterocycles. The molecule has 0 amide bonds. The Morgan fingerprint density at radius 2 is 2.35 bits per heavy atom. The lowest BCUT2D eigenvalue weighted by molar-refractivity contribution is 0.568. The van der Waals surface area contributed by atoms with Gasteiger partial charge in [-0.05, 0) is 26.3 Å². The predicted octanol–water partition coefficient (Wildman–Crippen LogP) is 0.964. The van der Waals surface area contributed by atoms with Gasteiger partial charge >= 0.3 is 0 Å². The Bertz CT molecular complexity index is 512. The highest BCUT2D eigenvalue weighted by Crippen LogP contribution is 2.16. The van der Waals surface area contributed by atoms with Gasteiger partial charge in [-0.1, -0.05) is 11.6 Å². The maximum absolute atomic E-state index is 12.0. The monoisotopic (exact) mass is 275 g/mol. The summed E-state index contributed by atoms with van der Waals surface area (Å²) in [5.41, 5.74) is 0.671. The van der Waals surface area contributed by atoms with Gasteiger partial charge in [0, 0.05) is 17.8 Å². The largest absolute Gasteiger partial charge is 0.313 e. The first-order chi connectivity index (χ1) is 7.99. The Labute approximate surface area is 106 Å². The van der Waals surface area contributed by atoms with E-state index in [9.17, 15) is 8.42 Å². The quantitative estimate of drug-likeness (QED) is 0.657. The molecule has 0 aromatic carbocycles. The molecule has 0 radical (unpaired) electrons. The van der Waals surface area contributed by atoms with Crippen LogP contribution in [0, 0.1) is 6.92 Å². The van der Waals surface area contributed by atoms with Crippen LogP contribution in [0.2, 0.25) is 5.15 Å². The van der Waals surface area contributed by atoms with E-state index >= 15 is 0 Å². The second-order valence-corrected chi connectivity index (χ2v) is 6.49. The summed E-state index contributed by atoms with van der Waals surface area (Å²) in [6, 6.07) is 0.00341. The van der Waals surface area contributed by atoms with Gasteiger partial charge in [-0.15, -0.1) is 0 Å². The second-order valence-electron chi connectivity index (χ2n) is 4.20. The molecule has 7 heteroatoms. The summed E-state index contributed by atoms with van der Waals surface area (Å²) in [7, 11) is -3.45. The molecule has 0 saturated carbocycles. The summed E-state index contributed by atoms with van der Waals surface area (Å²) in [4.78, 5) is 7.67. The smallest absolute Gasteiger partial charge is 0.248 e. The summed E-state index contributed by atoms with van der Waals surface area (Å²) in [5, 5.41) is 3.15. The molecule has 1 aliphatic rings. The van der Waals surface area contributed by atoms with E-state index in [0.717, 1.165) is 19.4 Å². The summed E-state index contributed by atoms with van der Waals surface area (Å²) in [5.74, 6) is 0.0341. The number of halogens is 1. The van der Waals surface area contributed by atoms with Crippen LogP contribution >= 0.6 is 11.6 Å². The number of hydrogen-bond acceptors (Lipinski definition) is 5. The van der Waals surface area contributed by atoms with E-state index in [0.29, 0.717) is 5.56 Å². The third-order valence-electron chi connectivity index (χ3n) is 2.75. The minimum absolute atomic E-state index is 0.00341. The van der Waals surface area contributed by atoms with Crippen molar-refractivity contribution < 1.29 is 8.42 Å². The lowest BCUT2D eigenvalue weighted by Gasteiger charge is -2.10. The number of nitrogens with one attached hydrogen (secondary N) is 1. The Kier molecular flexibility index (Phi) is 3.65. The van der Waals surface area contributed by atoms with Gasteiger partial charge < -0.3 is 5.32 Å². The first-order valence-electron chi connectivity index (χ1n) is 5.44. The van der Waals surface area contributed by atoms with Crippen LogP contribution in [0.3, 0.4) is 0 Å². The molecule has 94 valence electrons. The zero-order valence-corrected chi connectivity index (χ0v) is 11.1. The molecule has 0 bridgehead atoms. The highest BCUT2D eigenvalue weighted by atomic mass is 35.5. The number of sulfone groups is 1. The molecule has 1 saturated heterocycles. The zero-order chi connectivity index (χ0) is 12.5. The number of nitrogens with zero attached hydrogens (tertiary/aromatic N) is 2. The first kappa shape index (κ1) is 12.7. The van der Waals surface area contributed by atoms with Gasteiger partial charge in [0.1, 0.15) is 5.15 Å². The second kappa shape index (κ2) is 4.88. The van der Waals surface area contributed by atoms with E-state index in [4.69, 9.17) is 11.6 Å². The molecule has 2 rings (SSSR count). The molecular weight excluding hydrogens is 262 g/mol. The molecule has 0 unspecified atom stereocenters. The molecule has 17 heavy (non-hydrogen) atoms. The highest BCUT2D eigenvalue weighted by Gasteiger charge is 2.26. The molecule has 1 fully saturated rings. The van der Waals surface area contributed by atoms with Crippen molar-refractivity contribution in [2.24, 2.45) is 0 Å². The zero-order valence-electron chi connectivity index (χ0n) is 9.48. The molecule has 1 aromatic rings. The van der Waals surface area contributed by atoms with Gasteiger partial charge in [-0.2, -0.15) is 0 Å². The van der Waals surface area contributed by atoms with E-state index in [2.05, 4.69) is 15.3 Å². The van der Waals surface area contributed by atoms with E-state index < -0.39 is 9.84 Å². The lowest BCUT2D eigenvalue weighted by atomic mass is 10.3. The maximum atomic E-state index is 12.0. The summed E-state index contributed by atoms with van der Waals surface area (Å²) in [6.07, 6.45) is 3.32. The van der Waals surface area contributed by atoms with Gasteiger partial charge in [0.2, 0.25) is 15.0 Å². The van der Waals surface area contributed by atoms with Crippen molar-refractivity contribution in [3.05, 3.63) is 16.9 Å². The molecule has 0 aliphatic carbocycles. The molecule has 5 nitrogen and oxygen atoms in total. The minimum atomic E-state index is -3.45. The fourth-order valence-electron chi connectivity index (χ4n) is 1.79. The van der Waals surface area contributed by atoms with E-state index in [1.807, 2.05) is 0 Å². The van der Waals surface area contributed by atoms with Crippen molar-refractivity contribution in [2.45, 2.75) is 31.0 Å². The van der Waals surface area contributed by atoms with Crippen LogP contribution in [0.5, 0.6) is 0 Å². The SMILES string of the molecule is Cc1cnc(S(=O)(=O)C[C@H]2CCCN2)nc1Cl. The van der Waals surface area contributed by atoms with Crippen molar-refractivity contribution >= 4 is 21.4 Å². The van der Waals surface area contributed by atoms with Crippen LogP contribution in [-0.2, 0) is 9.84 Å². The third kappa shape index (κ3) is 2.94. The Morgan fingerprint density at radius 1 is 1.59 bits per heavy atom. The van der Waals surface area contributed by atoms with Gasteiger partial charge in [-0.3, -0.25) is 0 Å². The van der Waals surface area contributed by atoms with Crippen LogP contribution < -0.4 is 5.32 Å². The van der Waals surface area contributed by atoms with E-state index in [-0.39, 0.29) is 22.1 Å². The van der Waals surface area contributed by atoms with Gasteiger partial charge in [0.25, 0.3) is 0 Å². The summed E-state index contributed by atoms with van der Waals surface area (Å²) in [6.45, 7) is 2.60. The van der Waals surface area contributed by atoms with E-state index in [1.54, 1.807) is 6.92 Å². The number of hydrogen-bond donors (Lipinski definition) is 1. The Hall–Kier alpha value is -0.720. The van der Waals surface area contributed by atoms with Crippen LogP contribution in [0.1, 0.15) is 18.4 Å². The van der Waals surface area contributed by atoms with Gasteiger partial charge in [-0.25, -0.2) is 18.4 Å². The Balaban J connectivity index is 2.21. The van der Waals surface area contributed by atoms with Crippen molar-refractivity contribution in [1.82, 2.24) is 15.3 Å². The van der Waals surface area contributed by atoms with Crippen molar-refractivity contribution in [2.75, 3.05) is 12.3 Å². The third-order valence-corrected chi connectivity index (χ3v) is 4.73. The molecule has 0 spiro atoms. The number of rotatable bonds is 3. The fraction of sp³-hybridized carbons (Fsp3) is 0.600. The lowest BCUT2D eigenvalue weighted by Crippen LogP contribution is -2.30. The van der Waals surface area contributed by atoms with Crippen LogP contribution in [-0.4, -0.2) is 36.7 Å². The average molecular weight is 276 g/mol. The first-order valence-corrected chi connectivity index (χ1v) is 7.47. The van der Waals surface area contributed by atoms with E-state index in [1.165, 1.54) is 6.20 Å². The van der Waals surface area contributed by atoms with Gasteiger partial charge in [0.15, 0.2) is 0 Å².